The number of hydrogen-bond acceptors (Lipinski definition) is 4. The van der Waals surface area contributed by atoms with E-state index in [4.69, 9.17) is 23.8 Å². The number of anilines is 1. The van der Waals surface area contributed by atoms with E-state index in [1.165, 1.54) is 11.1 Å². The molecule has 1 saturated heterocycles. The van der Waals surface area contributed by atoms with Crippen LogP contribution in [0.1, 0.15) is 55.2 Å². The summed E-state index contributed by atoms with van der Waals surface area (Å²) in [5, 5.41) is 4.93. The van der Waals surface area contributed by atoms with Gasteiger partial charge in [0, 0.05) is 48.5 Å². The molecule has 4 heterocycles. The van der Waals surface area contributed by atoms with Gasteiger partial charge in [0.25, 0.3) is 0 Å². The quantitative estimate of drug-likeness (QED) is 0.458. The smallest absolute Gasteiger partial charge is 0.170 e. The maximum atomic E-state index is 7.04. The van der Waals surface area contributed by atoms with Crippen molar-refractivity contribution in [2.45, 2.75) is 44.9 Å². The van der Waals surface area contributed by atoms with Gasteiger partial charge in [0.05, 0.1) is 23.3 Å². The van der Waals surface area contributed by atoms with Gasteiger partial charge in [-0.2, -0.15) is 0 Å². The summed E-state index contributed by atoms with van der Waals surface area (Å²) in [6.07, 6.45) is 7.80. The number of aromatic nitrogens is 2. The van der Waals surface area contributed by atoms with E-state index < -0.39 is 0 Å². The highest BCUT2D eigenvalue weighted by Crippen LogP contribution is 2.47. The molecule has 1 aromatic carbocycles. The van der Waals surface area contributed by atoms with Gasteiger partial charge in [-0.3, -0.25) is 9.97 Å². The second-order valence-electron chi connectivity index (χ2n) is 9.55. The van der Waals surface area contributed by atoms with Gasteiger partial charge in [-0.05, 0) is 80.0 Å². The van der Waals surface area contributed by atoms with Crippen LogP contribution in [0.25, 0.3) is 5.57 Å². The monoisotopic (exact) mass is 489 g/mol. The third kappa shape index (κ3) is 3.95. The van der Waals surface area contributed by atoms with E-state index >= 15 is 0 Å². The minimum Gasteiger partial charge on any atom is -0.365 e. The fourth-order valence-electron chi connectivity index (χ4n) is 5.02. The fraction of sp³-hybridized carbons (Fsp3) is 0.296. The molecule has 2 aromatic heterocycles. The molecule has 0 bridgehead atoms. The Morgan fingerprint density at radius 3 is 2.68 bits per heavy atom. The van der Waals surface area contributed by atoms with Crippen LogP contribution in [0.15, 0.2) is 67.1 Å². The lowest BCUT2D eigenvalue weighted by atomic mass is 9.86. The highest BCUT2D eigenvalue weighted by molar-refractivity contribution is 7.80. The molecule has 0 spiro atoms. The number of allylic oxidation sites excluding steroid dienone is 1. The zero-order chi connectivity index (χ0) is 24.0. The Morgan fingerprint density at radius 1 is 1.15 bits per heavy atom. The van der Waals surface area contributed by atoms with Crippen LogP contribution in [-0.2, 0) is 6.54 Å². The molecule has 0 aliphatic carbocycles. The molecule has 7 heteroatoms. The van der Waals surface area contributed by atoms with E-state index in [2.05, 4.69) is 77.2 Å². The molecule has 5 rings (SSSR count). The van der Waals surface area contributed by atoms with Gasteiger partial charge >= 0.3 is 0 Å². The van der Waals surface area contributed by atoms with Crippen LogP contribution >= 0.6 is 23.8 Å². The van der Waals surface area contributed by atoms with E-state index in [1.807, 2.05) is 36.7 Å². The number of hydrogen-bond donors (Lipinski definition) is 1. The normalized spacial score (nSPS) is 21.2. The second-order valence-corrected chi connectivity index (χ2v) is 10.3. The van der Waals surface area contributed by atoms with Gasteiger partial charge in [-0.1, -0.05) is 29.8 Å². The number of thiocarbonyl (C=S) groups is 1. The summed E-state index contributed by atoms with van der Waals surface area (Å²) in [6.45, 7) is 7.23. The van der Waals surface area contributed by atoms with E-state index in [1.54, 1.807) is 6.20 Å². The largest absolute Gasteiger partial charge is 0.365 e. The summed E-state index contributed by atoms with van der Waals surface area (Å²) in [5.41, 5.74) is 6.56. The highest BCUT2D eigenvalue weighted by atomic mass is 35.5. The number of nitrogens with one attached hydrogen (secondary N) is 1. The minimum atomic E-state index is -0.122. The molecule has 1 fully saturated rings. The van der Waals surface area contributed by atoms with Crippen LogP contribution in [-0.4, -0.2) is 32.6 Å². The number of fused-ring (bicyclic) bond motifs is 1. The molecule has 0 amide bonds. The molecular formula is C27H28ClN5S. The molecule has 0 radical (unpaired) electrons. The molecular weight excluding hydrogens is 462 g/mol. The Morgan fingerprint density at radius 2 is 1.97 bits per heavy atom. The average molecular weight is 490 g/mol. The number of benzene rings is 1. The summed E-state index contributed by atoms with van der Waals surface area (Å²) < 4.78 is 0. The van der Waals surface area contributed by atoms with Gasteiger partial charge in [0.1, 0.15) is 0 Å². The first-order chi connectivity index (χ1) is 16.3. The van der Waals surface area contributed by atoms with E-state index in [9.17, 15) is 0 Å². The van der Waals surface area contributed by atoms with Gasteiger partial charge in [-0.15, -0.1) is 0 Å². The van der Waals surface area contributed by atoms with Crippen LogP contribution in [0, 0.1) is 0 Å². The standard InChI is InChI=1S/C27H28ClN5S/c1-17-14-27(2,3)32(4)23-13-21(28)20(12-19(17)23)25-24(22-9-5-6-11-30-22)31-26(34)33(25)16-18-8-7-10-29-15-18/h5-15,24-25H,16H2,1-4H3,(H,31,34)/t24-,25+/m1/s1. The van der Waals surface area contributed by atoms with E-state index in [0.29, 0.717) is 11.7 Å². The van der Waals surface area contributed by atoms with Crippen molar-refractivity contribution in [3.63, 3.8) is 0 Å². The van der Waals surface area contributed by atoms with Crippen LogP contribution < -0.4 is 10.2 Å². The molecule has 0 unspecified atom stereocenters. The third-order valence-corrected chi connectivity index (χ3v) is 7.61. The number of likely N-dealkylation sites (N-methyl/N-ethyl adjacent to an activating group) is 1. The molecule has 3 aromatic rings. The third-order valence-electron chi connectivity index (χ3n) is 6.93. The maximum absolute atomic E-state index is 7.04. The number of pyridine rings is 2. The zero-order valence-corrected chi connectivity index (χ0v) is 21.4. The second kappa shape index (κ2) is 8.67. The Hall–Kier alpha value is -2.96. The summed E-state index contributed by atoms with van der Waals surface area (Å²) in [4.78, 5) is 13.4. The summed E-state index contributed by atoms with van der Waals surface area (Å²) in [5.74, 6) is 0. The first-order valence-electron chi connectivity index (χ1n) is 11.4. The Bertz CT molecular complexity index is 1260. The van der Waals surface area contributed by atoms with Crippen LogP contribution in [0.5, 0.6) is 0 Å². The zero-order valence-electron chi connectivity index (χ0n) is 19.8. The fourth-order valence-corrected chi connectivity index (χ4v) is 5.59. The number of halogens is 1. The molecule has 34 heavy (non-hydrogen) atoms. The van der Waals surface area contributed by atoms with Crippen molar-refractivity contribution in [1.82, 2.24) is 20.2 Å². The molecule has 0 saturated carbocycles. The van der Waals surface area contributed by atoms with Crippen molar-refractivity contribution in [3.8, 4) is 0 Å². The van der Waals surface area contributed by atoms with Crippen LogP contribution in [0.3, 0.4) is 0 Å². The van der Waals surface area contributed by atoms with Crippen LogP contribution in [0.4, 0.5) is 5.69 Å². The topological polar surface area (TPSA) is 44.3 Å². The molecule has 2 aliphatic heterocycles. The summed E-state index contributed by atoms with van der Waals surface area (Å²) >= 11 is 12.9. The Labute approximate surface area is 211 Å². The molecule has 1 N–H and O–H groups in total. The summed E-state index contributed by atoms with van der Waals surface area (Å²) in [7, 11) is 2.12. The first-order valence-corrected chi connectivity index (χ1v) is 12.2. The van der Waals surface area contributed by atoms with Gasteiger partial charge in [0.2, 0.25) is 0 Å². The van der Waals surface area contributed by atoms with E-state index in [-0.39, 0.29) is 17.6 Å². The predicted molar refractivity (Wildman–Crippen MR) is 143 cm³/mol. The average Bonchev–Trinajstić information content (AvgIpc) is 3.14. The maximum Gasteiger partial charge on any atom is 0.170 e. The van der Waals surface area contributed by atoms with Crippen molar-refractivity contribution < 1.29 is 0 Å². The lowest BCUT2D eigenvalue weighted by Crippen LogP contribution is -2.42. The number of nitrogens with zero attached hydrogens (tertiary/aromatic N) is 4. The predicted octanol–water partition coefficient (Wildman–Crippen LogP) is 5.93. The Kier molecular flexibility index (Phi) is 5.82. The SMILES string of the molecule is CC1=CC(C)(C)N(C)c2cc(Cl)c([C@H]3[C@@H](c4ccccn4)NC(=S)N3Cc3cccnc3)cc21. The summed E-state index contributed by atoms with van der Waals surface area (Å²) in [6, 6.07) is 14.1. The van der Waals surface area contributed by atoms with Crippen molar-refractivity contribution >= 4 is 40.2 Å². The van der Waals surface area contributed by atoms with Gasteiger partial charge in [0.15, 0.2) is 5.11 Å². The van der Waals surface area contributed by atoms with Gasteiger partial charge < -0.3 is 15.1 Å². The molecule has 2 atom stereocenters. The van der Waals surface area contributed by atoms with Crippen LogP contribution in [0.2, 0.25) is 5.02 Å². The van der Waals surface area contributed by atoms with E-state index in [0.717, 1.165) is 27.5 Å². The first kappa shape index (κ1) is 22.8. The highest BCUT2D eigenvalue weighted by Gasteiger charge is 2.41. The molecule has 5 nitrogen and oxygen atoms in total. The lowest BCUT2D eigenvalue weighted by Gasteiger charge is -2.41. The molecule has 2 aliphatic rings. The van der Waals surface area contributed by atoms with Crippen molar-refractivity contribution in [3.05, 3.63) is 94.5 Å². The number of rotatable bonds is 4. The van der Waals surface area contributed by atoms with Gasteiger partial charge in [-0.25, -0.2) is 0 Å². The minimum absolute atomic E-state index is 0.0821. The van der Waals surface area contributed by atoms with Crippen molar-refractivity contribution in [1.29, 1.82) is 0 Å². The van der Waals surface area contributed by atoms with Crippen molar-refractivity contribution in [2.24, 2.45) is 0 Å². The molecule has 174 valence electrons. The lowest BCUT2D eigenvalue weighted by molar-refractivity contribution is 0.311. The van der Waals surface area contributed by atoms with Crippen molar-refractivity contribution in [2.75, 3.05) is 11.9 Å². The Balaban J connectivity index is 1.64.